The number of nitrogen functional groups attached to an aromatic ring is 1. The van der Waals surface area contributed by atoms with Crippen LogP contribution in [0.5, 0.6) is 0 Å². The third kappa shape index (κ3) is 2.55. The molecule has 7 heteroatoms. The first-order chi connectivity index (χ1) is 13.1. The molecule has 3 heterocycles. The van der Waals surface area contributed by atoms with Crippen LogP contribution >= 0.6 is 15.9 Å². The van der Waals surface area contributed by atoms with Crippen LogP contribution in [0.15, 0.2) is 59.5 Å². The number of aromatic nitrogens is 4. The van der Waals surface area contributed by atoms with Crippen LogP contribution in [0, 0.1) is 0 Å². The molecular weight excluding hydrogens is 406 g/mol. The second-order valence-corrected chi connectivity index (χ2v) is 7.28. The number of halogens is 1. The average molecular weight is 420 g/mol. The number of hydrogen-bond donors (Lipinski definition) is 4. The second-order valence-electron chi connectivity index (χ2n) is 6.36. The van der Waals surface area contributed by atoms with Crippen LogP contribution in [0.25, 0.3) is 33.1 Å². The van der Waals surface area contributed by atoms with E-state index in [1.807, 2.05) is 36.5 Å². The highest BCUT2D eigenvalue weighted by molar-refractivity contribution is 9.10. The molecule has 0 saturated heterocycles. The summed E-state index contributed by atoms with van der Waals surface area (Å²) >= 11 is 3.47. The molecule has 0 atom stereocenters. The minimum atomic E-state index is -0.167. The molecule has 27 heavy (non-hydrogen) atoms. The van der Waals surface area contributed by atoms with Gasteiger partial charge in [0.25, 0.3) is 0 Å². The normalized spacial score (nSPS) is 11.4. The number of aromatic amines is 3. The Morgan fingerprint density at radius 2 is 1.70 bits per heavy atom. The molecule has 0 fully saturated rings. The Morgan fingerprint density at radius 3 is 2.59 bits per heavy atom. The Kier molecular flexibility index (Phi) is 3.45. The van der Waals surface area contributed by atoms with E-state index in [9.17, 15) is 4.79 Å². The highest BCUT2D eigenvalue weighted by Gasteiger charge is 2.19. The monoisotopic (exact) mass is 419 g/mol. The number of nitrogens with one attached hydrogen (secondary N) is 3. The van der Waals surface area contributed by atoms with Gasteiger partial charge in [-0.1, -0.05) is 28.1 Å². The first kappa shape index (κ1) is 15.9. The van der Waals surface area contributed by atoms with Crippen LogP contribution in [0.2, 0.25) is 0 Å². The van der Waals surface area contributed by atoms with Crippen molar-refractivity contribution in [3.63, 3.8) is 0 Å². The molecule has 2 aromatic carbocycles. The number of anilines is 1. The molecule has 0 radical (unpaired) electrons. The number of nitrogens with two attached hydrogens (primary N) is 1. The molecule has 3 aromatic heterocycles. The van der Waals surface area contributed by atoms with Crippen LogP contribution in [-0.2, 0) is 0 Å². The molecule has 6 nitrogen and oxygen atoms in total. The zero-order chi connectivity index (χ0) is 18.5. The van der Waals surface area contributed by atoms with Crippen molar-refractivity contribution in [2.75, 3.05) is 5.73 Å². The summed E-state index contributed by atoms with van der Waals surface area (Å²) in [6.07, 6.45) is 5.35. The molecule has 0 saturated carbocycles. The molecular formula is C20H14BrN5O. The van der Waals surface area contributed by atoms with Gasteiger partial charge in [-0.05, 0) is 24.3 Å². The molecule has 0 bridgehead atoms. The molecule has 0 unspecified atom stereocenters. The maximum Gasteiger partial charge on any atom is 0.230 e. The van der Waals surface area contributed by atoms with Gasteiger partial charge in [-0.3, -0.25) is 4.79 Å². The minimum absolute atomic E-state index is 0.167. The average Bonchev–Trinajstić information content (AvgIpc) is 3.37. The van der Waals surface area contributed by atoms with Gasteiger partial charge in [0.15, 0.2) is 5.82 Å². The molecule has 0 spiro atoms. The molecule has 0 aliphatic heterocycles. The standard InChI is InChI=1S/C20H14BrN5O/c21-10-1-3-12-14(7-23-16(12)5-10)18-9-25-20(26-18)19(27)15-8-24-17-6-11(22)2-4-13(15)17/h1-9,23-24H,22H2,(H,25,26). The molecule has 0 aliphatic carbocycles. The fourth-order valence-electron chi connectivity index (χ4n) is 3.35. The fourth-order valence-corrected chi connectivity index (χ4v) is 3.71. The number of rotatable bonds is 3. The lowest BCUT2D eigenvalue weighted by Crippen LogP contribution is -2.02. The van der Waals surface area contributed by atoms with E-state index in [1.54, 1.807) is 18.5 Å². The zero-order valence-corrected chi connectivity index (χ0v) is 15.6. The first-order valence-corrected chi connectivity index (χ1v) is 9.13. The van der Waals surface area contributed by atoms with E-state index in [2.05, 4.69) is 35.9 Å². The maximum atomic E-state index is 12.9. The lowest BCUT2D eigenvalue weighted by Gasteiger charge is -1.97. The summed E-state index contributed by atoms with van der Waals surface area (Å²) in [4.78, 5) is 26.8. The quantitative estimate of drug-likeness (QED) is 0.253. The van der Waals surface area contributed by atoms with Crippen molar-refractivity contribution >= 4 is 49.2 Å². The number of imidazole rings is 1. The van der Waals surface area contributed by atoms with E-state index in [0.29, 0.717) is 17.1 Å². The number of fused-ring (bicyclic) bond motifs is 2. The van der Waals surface area contributed by atoms with Crippen LogP contribution in [-0.4, -0.2) is 25.7 Å². The number of hydrogen-bond acceptors (Lipinski definition) is 3. The predicted molar refractivity (Wildman–Crippen MR) is 110 cm³/mol. The van der Waals surface area contributed by atoms with Gasteiger partial charge < -0.3 is 20.7 Å². The first-order valence-electron chi connectivity index (χ1n) is 8.34. The van der Waals surface area contributed by atoms with Crippen molar-refractivity contribution in [2.24, 2.45) is 0 Å². The molecule has 132 valence electrons. The number of H-pyrrole nitrogens is 3. The maximum absolute atomic E-state index is 12.9. The molecule has 5 rings (SSSR count). The van der Waals surface area contributed by atoms with Gasteiger partial charge in [-0.15, -0.1) is 0 Å². The molecule has 5 N–H and O–H groups in total. The Hall–Kier alpha value is -3.32. The van der Waals surface area contributed by atoms with Crippen molar-refractivity contribution in [2.45, 2.75) is 0 Å². The third-order valence-electron chi connectivity index (χ3n) is 4.66. The second kappa shape index (κ2) is 5.85. The molecule has 0 amide bonds. The van der Waals surface area contributed by atoms with Gasteiger partial charge in [0.05, 0.1) is 11.3 Å². The highest BCUT2D eigenvalue weighted by atomic mass is 79.9. The van der Waals surface area contributed by atoms with E-state index < -0.39 is 0 Å². The third-order valence-corrected chi connectivity index (χ3v) is 5.16. The summed E-state index contributed by atoms with van der Waals surface area (Å²) in [5.41, 5.74) is 10.5. The van der Waals surface area contributed by atoms with Gasteiger partial charge >= 0.3 is 0 Å². The number of benzene rings is 2. The van der Waals surface area contributed by atoms with E-state index >= 15 is 0 Å². The Bertz CT molecular complexity index is 1330. The van der Waals surface area contributed by atoms with Crippen molar-refractivity contribution in [3.05, 3.63) is 70.8 Å². The van der Waals surface area contributed by atoms with E-state index in [1.165, 1.54) is 0 Å². The SMILES string of the molecule is Nc1ccc2c(C(=O)c3nc(-c4c[nH]c5cc(Br)ccc45)c[nH]3)c[nH]c2c1. The molecule has 5 aromatic rings. The van der Waals surface area contributed by atoms with Crippen LogP contribution in [0.1, 0.15) is 16.2 Å². The summed E-state index contributed by atoms with van der Waals surface area (Å²) in [7, 11) is 0. The van der Waals surface area contributed by atoms with Crippen LogP contribution in [0.4, 0.5) is 5.69 Å². The van der Waals surface area contributed by atoms with Crippen molar-refractivity contribution in [1.29, 1.82) is 0 Å². The van der Waals surface area contributed by atoms with Crippen molar-refractivity contribution in [1.82, 2.24) is 19.9 Å². The lowest BCUT2D eigenvalue weighted by atomic mass is 10.1. The summed E-state index contributed by atoms with van der Waals surface area (Å²) < 4.78 is 1.00. The minimum Gasteiger partial charge on any atom is -0.399 e. The van der Waals surface area contributed by atoms with Gasteiger partial charge in [0.1, 0.15) is 0 Å². The smallest absolute Gasteiger partial charge is 0.230 e. The van der Waals surface area contributed by atoms with Crippen LogP contribution < -0.4 is 5.73 Å². The van der Waals surface area contributed by atoms with Gasteiger partial charge in [-0.25, -0.2) is 4.98 Å². The topological polar surface area (TPSA) is 103 Å². The Balaban J connectivity index is 1.55. The van der Waals surface area contributed by atoms with Gasteiger partial charge in [0.2, 0.25) is 5.78 Å². The van der Waals surface area contributed by atoms with E-state index in [-0.39, 0.29) is 5.78 Å². The van der Waals surface area contributed by atoms with Crippen molar-refractivity contribution < 1.29 is 4.79 Å². The Morgan fingerprint density at radius 1 is 0.926 bits per heavy atom. The predicted octanol–water partition coefficient (Wildman–Crippen LogP) is 4.62. The summed E-state index contributed by atoms with van der Waals surface area (Å²) in [5, 5.41) is 1.87. The summed E-state index contributed by atoms with van der Waals surface area (Å²) in [6.45, 7) is 0. The summed E-state index contributed by atoms with van der Waals surface area (Å²) in [5.74, 6) is 0.133. The van der Waals surface area contributed by atoms with E-state index in [0.717, 1.165) is 37.5 Å². The highest BCUT2D eigenvalue weighted by Crippen LogP contribution is 2.30. The number of nitrogens with zero attached hydrogens (tertiary/aromatic N) is 1. The summed E-state index contributed by atoms with van der Waals surface area (Å²) in [6, 6.07) is 11.4. The largest absolute Gasteiger partial charge is 0.399 e. The van der Waals surface area contributed by atoms with E-state index in [4.69, 9.17) is 5.73 Å². The number of carbonyl (C=O) groups is 1. The van der Waals surface area contributed by atoms with Crippen molar-refractivity contribution in [3.8, 4) is 11.3 Å². The molecule has 0 aliphatic rings. The fraction of sp³-hybridized carbons (Fsp3) is 0. The Labute approximate surface area is 161 Å². The van der Waals surface area contributed by atoms with Crippen LogP contribution in [0.3, 0.4) is 0 Å². The van der Waals surface area contributed by atoms with Gasteiger partial charge in [-0.2, -0.15) is 0 Å². The van der Waals surface area contributed by atoms with Gasteiger partial charge in [0, 0.05) is 56.1 Å². The zero-order valence-electron chi connectivity index (χ0n) is 14.0. The lowest BCUT2D eigenvalue weighted by molar-refractivity contribution is 0.103. The number of ketones is 1. The number of carbonyl (C=O) groups excluding carboxylic acids is 1.